The van der Waals surface area contributed by atoms with Gasteiger partial charge in [-0.2, -0.15) is 0 Å². The molecule has 0 unspecified atom stereocenters. The van der Waals surface area contributed by atoms with Crippen LogP contribution in [0.2, 0.25) is 0 Å². The smallest absolute Gasteiger partial charge is 0.317 e. The van der Waals surface area contributed by atoms with Gasteiger partial charge in [0.05, 0.1) is 0 Å². The number of halogens is 2. The molecule has 0 fully saturated rings. The van der Waals surface area contributed by atoms with Gasteiger partial charge in [0.1, 0.15) is 11.6 Å². The Bertz CT molecular complexity index is 1160. The first-order valence-electron chi connectivity index (χ1n) is 9.55. The maximum atomic E-state index is 13.9. The summed E-state index contributed by atoms with van der Waals surface area (Å²) in [5.74, 6) is -1.31. The minimum atomic E-state index is -0.662. The van der Waals surface area contributed by atoms with Crippen molar-refractivity contribution in [3.8, 4) is 0 Å². The van der Waals surface area contributed by atoms with Gasteiger partial charge >= 0.3 is 6.03 Å². The molecule has 0 saturated heterocycles. The Morgan fingerprint density at radius 3 is 2.77 bits per heavy atom. The third kappa shape index (κ3) is 4.21. The number of nitrogens with zero attached hydrogens (tertiary/aromatic N) is 1. The molecule has 0 saturated carbocycles. The molecule has 2 amide bonds. The van der Waals surface area contributed by atoms with E-state index in [0.717, 1.165) is 27.4 Å². The molecule has 4 aromatic rings. The highest BCUT2D eigenvalue weighted by molar-refractivity contribution is 7.10. The molecule has 1 atom stereocenters. The molecule has 2 aromatic carbocycles. The zero-order valence-corrected chi connectivity index (χ0v) is 17.2. The average Bonchev–Trinajstić information content (AvgIpc) is 3.41. The lowest BCUT2D eigenvalue weighted by molar-refractivity contribution is 0.206. The fraction of sp³-hybridized carbons (Fsp3) is 0.174. The van der Waals surface area contributed by atoms with Gasteiger partial charge in [-0.3, -0.25) is 0 Å². The van der Waals surface area contributed by atoms with E-state index in [1.165, 1.54) is 17.0 Å². The normalized spacial score (nSPS) is 12.1. The van der Waals surface area contributed by atoms with Crippen molar-refractivity contribution >= 4 is 28.3 Å². The largest absolute Gasteiger partial charge is 0.361 e. The summed E-state index contributed by atoms with van der Waals surface area (Å²) in [5.41, 5.74) is 2.42. The molecule has 2 heterocycles. The molecule has 0 spiro atoms. The first-order chi connectivity index (χ1) is 14.5. The summed E-state index contributed by atoms with van der Waals surface area (Å²) in [6.45, 7) is 0.451. The standard InChI is InChI=1S/C23H21F2N3OS/c1-28(14-15-8-9-16(24)11-20(15)25)23(29)27-13-19(22-7-4-10-30-22)18-12-26-21-6-3-2-5-17(18)21/h2-12,19,26H,13-14H2,1H3,(H,27,29)/t19-/m0/s1. The summed E-state index contributed by atoms with van der Waals surface area (Å²) in [4.78, 5) is 18.5. The number of H-pyrrole nitrogens is 1. The van der Waals surface area contributed by atoms with Crippen LogP contribution in [0.1, 0.15) is 21.9 Å². The molecule has 30 heavy (non-hydrogen) atoms. The summed E-state index contributed by atoms with van der Waals surface area (Å²) in [5, 5.41) is 6.09. The zero-order valence-electron chi connectivity index (χ0n) is 16.4. The summed E-state index contributed by atoms with van der Waals surface area (Å²) >= 11 is 1.64. The van der Waals surface area contributed by atoms with E-state index < -0.39 is 11.6 Å². The van der Waals surface area contributed by atoms with Crippen LogP contribution >= 0.6 is 11.3 Å². The minimum Gasteiger partial charge on any atom is -0.361 e. The van der Waals surface area contributed by atoms with Gasteiger partial charge in [0, 0.05) is 59.7 Å². The Balaban J connectivity index is 1.49. The number of hydrogen-bond acceptors (Lipinski definition) is 2. The number of aromatic nitrogens is 1. The quantitative estimate of drug-likeness (QED) is 0.422. The van der Waals surface area contributed by atoms with Crippen LogP contribution in [0, 0.1) is 11.6 Å². The lowest BCUT2D eigenvalue weighted by atomic mass is 9.97. The second kappa shape index (κ2) is 8.67. The Hall–Kier alpha value is -3.19. The SMILES string of the molecule is CN(Cc1ccc(F)cc1F)C(=O)NC[C@H](c1cccs1)c1c[nH]c2ccccc12. The molecule has 0 aliphatic heterocycles. The Labute approximate surface area is 177 Å². The van der Waals surface area contributed by atoms with Crippen LogP contribution in [-0.2, 0) is 6.54 Å². The van der Waals surface area contributed by atoms with Crippen LogP contribution in [0.5, 0.6) is 0 Å². The van der Waals surface area contributed by atoms with Crippen LogP contribution in [0.3, 0.4) is 0 Å². The Morgan fingerprint density at radius 2 is 2.00 bits per heavy atom. The fourth-order valence-electron chi connectivity index (χ4n) is 3.54. The Morgan fingerprint density at radius 1 is 1.17 bits per heavy atom. The van der Waals surface area contributed by atoms with Gasteiger partial charge in [0.25, 0.3) is 0 Å². The van der Waals surface area contributed by atoms with Crippen molar-refractivity contribution in [2.75, 3.05) is 13.6 Å². The highest BCUT2D eigenvalue weighted by Gasteiger charge is 2.21. The number of fused-ring (bicyclic) bond motifs is 1. The second-order valence-electron chi connectivity index (χ2n) is 7.14. The highest BCUT2D eigenvalue weighted by Crippen LogP contribution is 2.32. The predicted molar refractivity (Wildman–Crippen MR) is 116 cm³/mol. The number of rotatable bonds is 6. The topological polar surface area (TPSA) is 48.1 Å². The maximum Gasteiger partial charge on any atom is 0.317 e. The van der Waals surface area contributed by atoms with Gasteiger partial charge in [-0.15, -0.1) is 11.3 Å². The number of amides is 2. The van der Waals surface area contributed by atoms with Crippen molar-refractivity contribution in [3.05, 3.63) is 93.8 Å². The summed E-state index contributed by atoms with van der Waals surface area (Å²) in [6, 6.07) is 15.2. The lowest BCUT2D eigenvalue weighted by Gasteiger charge is -2.21. The van der Waals surface area contributed by atoms with E-state index in [0.29, 0.717) is 6.54 Å². The number of benzene rings is 2. The van der Waals surface area contributed by atoms with Crippen LogP contribution in [0.25, 0.3) is 10.9 Å². The fourth-order valence-corrected chi connectivity index (χ4v) is 4.38. The third-order valence-electron chi connectivity index (χ3n) is 5.11. The molecule has 0 bridgehead atoms. The van der Waals surface area contributed by atoms with Crippen molar-refractivity contribution in [2.45, 2.75) is 12.5 Å². The van der Waals surface area contributed by atoms with Gasteiger partial charge in [0.15, 0.2) is 0 Å². The van der Waals surface area contributed by atoms with Gasteiger partial charge in [-0.25, -0.2) is 13.6 Å². The molecular weight excluding hydrogens is 404 g/mol. The number of carbonyl (C=O) groups excluding carboxylic acids is 1. The highest BCUT2D eigenvalue weighted by atomic mass is 32.1. The summed E-state index contributed by atoms with van der Waals surface area (Å²) < 4.78 is 27.0. The monoisotopic (exact) mass is 425 g/mol. The molecule has 0 aliphatic carbocycles. The lowest BCUT2D eigenvalue weighted by Crippen LogP contribution is -2.39. The van der Waals surface area contributed by atoms with Gasteiger partial charge in [-0.1, -0.05) is 30.3 Å². The second-order valence-corrected chi connectivity index (χ2v) is 8.11. The predicted octanol–water partition coefficient (Wildman–Crippen LogP) is 5.48. The van der Waals surface area contributed by atoms with Gasteiger partial charge in [0.2, 0.25) is 0 Å². The van der Waals surface area contributed by atoms with E-state index in [1.807, 2.05) is 35.8 Å². The summed E-state index contributed by atoms with van der Waals surface area (Å²) in [7, 11) is 1.59. The molecule has 7 heteroatoms. The van der Waals surface area contributed by atoms with Gasteiger partial charge in [-0.05, 0) is 29.1 Å². The van der Waals surface area contributed by atoms with E-state index in [9.17, 15) is 13.6 Å². The van der Waals surface area contributed by atoms with Crippen LogP contribution < -0.4 is 5.32 Å². The van der Waals surface area contributed by atoms with Crippen LogP contribution in [0.4, 0.5) is 13.6 Å². The van der Waals surface area contributed by atoms with Crippen molar-refractivity contribution in [2.24, 2.45) is 0 Å². The zero-order chi connectivity index (χ0) is 21.1. The maximum absolute atomic E-state index is 13.9. The number of nitrogens with one attached hydrogen (secondary N) is 2. The molecule has 4 rings (SSSR count). The molecule has 2 N–H and O–H groups in total. The number of aromatic amines is 1. The van der Waals surface area contributed by atoms with E-state index >= 15 is 0 Å². The number of hydrogen-bond donors (Lipinski definition) is 2. The van der Waals surface area contributed by atoms with Crippen molar-refractivity contribution in [3.63, 3.8) is 0 Å². The third-order valence-corrected chi connectivity index (χ3v) is 6.10. The van der Waals surface area contributed by atoms with E-state index in [2.05, 4.69) is 22.4 Å². The van der Waals surface area contributed by atoms with Crippen molar-refractivity contribution in [1.29, 1.82) is 0 Å². The molecule has 0 aliphatic rings. The van der Waals surface area contributed by atoms with Crippen molar-refractivity contribution in [1.82, 2.24) is 15.2 Å². The van der Waals surface area contributed by atoms with Crippen LogP contribution in [0.15, 0.2) is 66.2 Å². The molecule has 2 aromatic heterocycles. The molecular formula is C23H21F2N3OS. The average molecular weight is 426 g/mol. The minimum absolute atomic E-state index is 0.0129. The van der Waals surface area contributed by atoms with E-state index in [-0.39, 0.29) is 24.1 Å². The Kier molecular flexibility index (Phi) is 5.81. The van der Waals surface area contributed by atoms with Crippen LogP contribution in [-0.4, -0.2) is 29.5 Å². The summed E-state index contributed by atoms with van der Waals surface area (Å²) in [6.07, 6.45) is 1.98. The van der Waals surface area contributed by atoms with Gasteiger partial charge < -0.3 is 15.2 Å². The molecule has 154 valence electrons. The van der Waals surface area contributed by atoms with E-state index in [1.54, 1.807) is 18.4 Å². The molecule has 4 nitrogen and oxygen atoms in total. The first-order valence-corrected chi connectivity index (χ1v) is 10.4. The van der Waals surface area contributed by atoms with E-state index in [4.69, 9.17) is 0 Å². The number of thiophene rings is 1. The first kappa shape index (κ1) is 20.1. The van der Waals surface area contributed by atoms with Crippen molar-refractivity contribution < 1.29 is 13.6 Å². The molecule has 0 radical (unpaired) electrons. The number of para-hydroxylation sites is 1. The number of carbonyl (C=O) groups is 1. The number of urea groups is 1.